The van der Waals surface area contributed by atoms with Gasteiger partial charge >= 0.3 is 0 Å². The number of carbonyl (C=O) groups excluding carboxylic acids is 1. The smallest absolute Gasteiger partial charge is 0.277 e. The quantitative estimate of drug-likeness (QED) is 0.795. The number of hydrogen-bond donors (Lipinski definition) is 0. The first-order chi connectivity index (χ1) is 10.0. The van der Waals surface area contributed by atoms with Crippen molar-refractivity contribution in [1.82, 2.24) is 9.96 Å². The van der Waals surface area contributed by atoms with Crippen LogP contribution in [0, 0.1) is 0 Å². The minimum absolute atomic E-state index is 0.142. The Kier molecular flexibility index (Phi) is 5.33. The van der Waals surface area contributed by atoms with Gasteiger partial charge in [0, 0.05) is 31.2 Å². The summed E-state index contributed by atoms with van der Waals surface area (Å²) < 4.78 is 5.55. The van der Waals surface area contributed by atoms with Crippen LogP contribution < -0.4 is 0 Å². The number of amides is 1. The molecule has 1 amide bonds. The molecule has 0 aromatic heterocycles. The van der Waals surface area contributed by atoms with Gasteiger partial charge in [0.25, 0.3) is 5.91 Å². The van der Waals surface area contributed by atoms with Gasteiger partial charge in [0.1, 0.15) is 0 Å². The molecule has 0 bridgehead atoms. The highest BCUT2D eigenvalue weighted by atomic mass is 16.7. The molecule has 1 aromatic carbocycles. The first-order valence-corrected chi connectivity index (χ1v) is 7.27. The molecule has 2 atom stereocenters. The molecular weight excluding hydrogens is 268 g/mol. The summed E-state index contributed by atoms with van der Waals surface area (Å²) in [5.74, 6) is -0.142. The topological polar surface area (TPSA) is 42.0 Å². The van der Waals surface area contributed by atoms with Gasteiger partial charge in [0.15, 0.2) is 0 Å². The van der Waals surface area contributed by atoms with Crippen LogP contribution in [0.3, 0.4) is 0 Å². The molecule has 1 aromatic rings. The summed E-state index contributed by atoms with van der Waals surface area (Å²) >= 11 is 0. The van der Waals surface area contributed by atoms with Crippen LogP contribution in [0.15, 0.2) is 24.3 Å². The van der Waals surface area contributed by atoms with E-state index in [1.165, 1.54) is 17.7 Å². The number of benzene rings is 1. The third kappa shape index (κ3) is 3.81. The second-order valence-electron chi connectivity index (χ2n) is 5.59. The SMILES string of the molecule is CON(C)C(=O)c1ccc(CN2[C@H](C)COC[C@@H]2C)cc1. The van der Waals surface area contributed by atoms with Crippen molar-refractivity contribution in [2.75, 3.05) is 27.4 Å². The van der Waals surface area contributed by atoms with E-state index in [-0.39, 0.29) is 5.91 Å². The molecule has 1 aliphatic rings. The second kappa shape index (κ2) is 7.02. The molecule has 2 rings (SSSR count). The zero-order chi connectivity index (χ0) is 15.4. The van der Waals surface area contributed by atoms with Crippen molar-refractivity contribution in [1.29, 1.82) is 0 Å². The van der Waals surface area contributed by atoms with Gasteiger partial charge in [-0.05, 0) is 31.5 Å². The van der Waals surface area contributed by atoms with Gasteiger partial charge in [-0.1, -0.05) is 12.1 Å². The Morgan fingerprint density at radius 2 is 1.86 bits per heavy atom. The maximum atomic E-state index is 12.0. The minimum atomic E-state index is -0.142. The molecule has 116 valence electrons. The van der Waals surface area contributed by atoms with Crippen LogP contribution in [0.4, 0.5) is 0 Å². The lowest BCUT2D eigenvalue weighted by Crippen LogP contribution is -2.48. The van der Waals surface area contributed by atoms with E-state index >= 15 is 0 Å². The van der Waals surface area contributed by atoms with Crippen LogP contribution in [0.1, 0.15) is 29.8 Å². The number of hydroxylamine groups is 2. The molecular formula is C16H24N2O3. The average molecular weight is 292 g/mol. The Morgan fingerprint density at radius 3 is 2.38 bits per heavy atom. The fraction of sp³-hybridized carbons (Fsp3) is 0.562. The molecule has 0 saturated carbocycles. The highest BCUT2D eigenvalue weighted by molar-refractivity contribution is 5.93. The van der Waals surface area contributed by atoms with E-state index in [0.717, 1.165) is 19.8 Å². The zero-order valence-electron chi connectivity index (χ0n) is 13.2. The maximum Gasteiger partial charge on any atom is 0.277 e. The molecule has 0 aliphatic carbocycles. The highest BCUT2D eigenvalue weighted by Crippen LogP contribution is 2.17. The Balaban J connectivity index is 2.03. The average Bonchev–Trinajstić information content (AvgIpc) is 2.50. The number of ether oxygens (including phenoxy) is 1. The van der Waals surface area contributed by atoms with Crippen LogP contribution in [0.25, 0.3) is 0 Å². The lowest BCUT2D eigenvalue weighted by molar-refractivity contribution is -0.0757. The van der Waals surface area contributed by atoms with Crippen molar-refractivity contribution < 1.29 is 14.4 Å². The van der Waals surface area contributed by atoms with Crippen molar-refractivity contribution >= 4 is 5.91 Å². The van der Waals surface area contributed by atoms with Gasteiger partial charge in [-0.2, -0.15) is 0 Å². The van der Waals surface area contributed by atoms with Crippen molar-refractivity contribution in [3.8, 4) is 0 Å². The first-order valence-electron chi connectivity index (χ1n) is 7.27. The number of carbonyl (C=O) groups is 1. The summed E-state index contributed by atoms with van der Waals surface area (Å²) in [7, 11) is 3.08. The van der Waals surface area contributed by atoms with Crippen LogP contribution in [0.2, 0.25) is 0 Å². The number of rotatable bonds is 4. The Bertz CT molecular complexity index is 465. The fourth-order valence-corrected chi connectivity index (χ4v) is 2.57. The third-order valence-corrected chi connectivity index (χ3v) is 3.98. The molecule has 5 heteroatoms. The maximum absolute atomic E-state index is 12.0. The predicted octanol–water partition coefficient (Wildman–Crippen LogP) is 1.93. The largest absolute Gasteiger partial charge is 0.378 e. The van der Waals surface area contributed by atoms with E-state index in [0.29, 0.717) is 17.6 Å². The van der Waals surface area contributed by atoms with Crippen molar-refractivity contribution in [3.05, 3.63) is 35.4 Å². The monoisotopic (exact) mass is 292 g/mol. The van der Waals surface area contributed by atoms with E-state index in [2.05, 4.69) is 18.7 Å². The molecule has 1 saturated heterocycles. The van der Waals surface area contributed by atoms with E-state index in [1.54, 1.807) is 7.05 Å². The lowest BCUT2D eigenvalue weighted by atomic mass is 10.1. The van der Waals surface area contributed by atoms with Crippen LogP contribution in [-0.2, 0) is 16.1 Å². The predicted molar refractivity (Wildman–Crippen MR) is 80.8 cm³/mol. The molecule has 5 nitrogen and oxygen atoms in total. The summed E-state index contributed by atoms with van der Waals surface area (Å²) in [5.41, 5.74) is 1.83. The molecule has 0 spiro atoms. The Hall–Kier alpha value is -1.43. The number of nitrogens with zero attached hydrogens (tertiary/aromatic N) is 2. The van der Waals surface area contributed by atoms with Gasteiger partial charge in [-0.25, -0.2) is 5.06 Å². The summed E-state index contributed by atoms with van der Waals surface area (Å²) in [4.78, 5) is 19.3. The fourth-order valence-electron chi connectivity index (χ4n) is 2.57. The molecule has 1 aliphatic heterocycles. The Morgan fingerprint density at radius 1 is 1.29 bits per heavy atom. The minimum Gasteiger partial charge on any atom is -0.378 e. The summed E-state index contributed by atoms with van der Waals surface area (Å²) in [6.07, 6.45) is 0. The molecule has 0 unspecified atom stereocenters. The van der Waals surface area contributed by atoms with E-state index in [4.69, 9.17) is 9.57 Å². The van der Waals surface area contributed by atoms with Crippen molar-refractivity contribution in [2.45, 2.75) is 32.5 Å². The lowest BCUT2D eigenvalue weighted by Gasteiger charge is -2.38. The molecule has 1 heterocycles. The molecule has 1 fully saturated rings. The van der Waals surface area contributed by atoms with Crippen LogP contribution in [0.5, 0.6) is 0 Å². The summed E-state index contributed by atoms with van der Waals surface area (Å²) in [6.45, 7) is 6.79. The van der Waals surface area contributed by atoms with Gasteiger partial charge in [0.05, 0.1) is 20.3 Å². The normalized spacial score (nSPS) is 23.0. The third-order valence-electron chi connectivity index (χ3n) is 3.98. The molecule has 0 N–H and O–H groups in total. The number of hydrogen-bond acceptors (Lipinski definition) is 4. The van der Waals surface area contributed by atoms with Gasteiger partial charge < -0.3 is 4.74 Å². The van der Waals surface area contributed by atoms with Crippen LogP contribution in [-0.4, -0.2) is 55.3 Å². The van der Waals surface area contributed by atoms with Crippen molar-refractivity contribution in [3.63, 3.8) is 0 Å². The van der Waals surface area contributed by atoms with E-state index < -0.39 is 0 Å². The second-order valence-corrected chi connectivity index (χ2v) is 5.59. The molecule has 21 heavy (non-hydrogen) atoms. The Labute approximate surface area is 126 Å². The van der Waals surface area contributed by atoms with Gasteiger partial charge in [-0.15, -0.1) is 0 Å². The van der Waals surface area contributed by atoms with Crippen molar-refractivity contribution in [2.24, 2.45) is 0 Å². The zero-order valence-corrected chi connectivity index (χ0v) is 13.2. The molecule has 0 radical (unpaired) electrons. The standard InChI is InChI=1S/C16H24N2O3/c1-12-10-21-11-13(2)18(12)9-14-5-7-15(8-6-14)16(19)17(3)20-4/h5-8,12-13H,9-11H2,1-4H3/t12-,13+. The van der Waals surface area contributed by atoms with Gasteiger partial charge in [0.2, 0.25) is 0 Å². The summed E-state index contributed by atoms with van der Waals surface area (Å²) in [6, 6.07) is 8.54. The highest BCUT2D eigenvalue weighted by Gasteiger charge is 2.25. The number of morpholine rings is 1. The summed E-state index contributed by atoms with van der Waals surface area (Å²) in [5, 5.41) is 1.22. The van der Waals surface area contributed by atoms with Crippen LogP contribution >= 0.6 is 0 Å². The van der Waals surface area contributed by atoms with E-state index in [1.807, 2.05) is 24.3 Å². The first kappa shape index (κ1) is 15.9. The van der Waals surface area contributed by atoms with E-state index in [9.17, 15) is 4.79 Å². The van der Waals surface area contributed by atoms with Gasteiger partial charge in [-0.3, -0.25) is 14.5 Å².